The standard InChI is InChI=1S/C22H19ClN2O6/c1-12-18(21(27)28)19(25-22(29)24-12)14-10-15(23)20(16(11-14)30-2)31-17(26)9-8-13-6-4-3-5-7-13/h3-11,19H,1-2H3,(H,27,28)(H2,24,25,29)/b9-8+. The molecule has 2 aromatic carbocycles. The molecule has 160 valence electrons. The van der Waals surface area contributed by atoms with Gasteiger partial charge in [0.15, 0.2) is 11.5 Å². The van der Waals surface area contributed by atoms with Crippen LogP contribution < -0.4 is 20.1 Å². The number of carboxylic acids is 1. The summed E-state index contributed by atoms with van der Waals surface area (Å²) in [7, 11) is 1.35. The third kappa shape index (κ3) is 5.04. The molecule has 0 bridgehead atoms. The lowest BCUT2D eigenvalue weighted by Gasteiger charge is -2.27. The van der Waals surface area contributed by atoms with Crippen molar-refractivity contribution in [3.63, 3.8) is 0 Å². The van der Waals surface area contributed by atoms with Gasteiger partial charge in [0.05, 0.1) is 23.7 Å². The summed E-state index contributed by atoms with van der Waals surface area (Å²) in [5, 5.41) is 14.6. The van der Waals surface area contributed by atoms with E-state index in [-0.39, 0.29) is 27.8 Å². The highest BCUT2D eigenvalue weighted by molar-refractivity contribution is 6.32. The Labute approximate surface area is 183 Å². The maximum Gasteiger partial charge on any atom is 0.336 e. The van der Waals surface area contributed by atoms with Crippen molar-refractivity contribution in [1.29, 1.82) is 0 Å². The van der Waals surface area contributed by atoms with Gasteiger partial charge in [0.25, 0.3) is 0 Å². The molecule has 1 atom stereocenters. The summed E-state index contributed by atoms with van der Waals surface area (Å²) in [5.41, 5.74) is 1.33. The summed E-state index contributed by atoms with van der Waals surface area (Å²) in [6.45, 7) is 1.49. The molecule has 9 heteroatoms. The first kappa shape index (κ1) is 21.9. The topological polar surface area (TPSA) is 114 Å². The van der Waals surface area contributed by atoms with Crippen LogP contribution >= 0.6 is 11.6 Å². The van der Waals surface area contributed by atoms with E-state index in [0.717, 1.165) is 5.56 Å². The Kier molecular flexibility index (Phi) is 6.61. The number of urea groups is 1. The summed E-state index contributed by atoms with van der Waals surface area (Å²) >= 11 is 6.32. The Morgan fingerprint density at radius 3 is 2.55 bits per heavy atom. The molecule has 1 heterocycles. The van der Waals surface area contributed by atoms with Gasteiger partial charge in [-0.25, -0.2) is 14.4 Å². The molecule has 1 aliphatic heterocycles. The van der Waals surface area contributed by atoms with Crippen molar-refractivity contribution in [2.45, 2.75) is 13.0 Å². The molecule has 1 aliphatic rings. The highest BCUT2D eigenvalue weighted by Gasteiger charge is 2.32. The number of nitrogens with one attached hydrogen (secondary N) is 2. The molecule has 2 amide bonds. The van der Waals surface area contributed by atoms with Crippen molar-refractivity contribution >= 4 is 35.6 Å². The van der Waals surface area contributed by atoms with Crippen molar-refractivity contribution in [3.8, 4) is 11.5 Å². The predicted molar refractivity (Wildman–Crippen MR) is 114 cm³/mol. The molecule has 31 heavy (non-hydrogen) atoms. The Hall–Kier alpha value is -3.78. The quantitative estimate of drug-likeness (QED) is 0.357. The smallest absolute Gasteiger partial charge is 0.336 e. The number of rotatable bonds is 6. The molecule has 1 unspecified atom stereocenters. The lowest BCUT2D eigenvalue weighted by Crippen LogP contribution is -2.45. The highest BCUT2D eigenvalue weighted by atomic mass is 35.5. The second kappa shape index (κ2) is 9.36. The van der Waals surface area contributed by atoms with Crippen molar-refractivity contribution < 1.29 is 29.0 Å². The van der Waals surface area contributed by atoms with Gasteiger partial charge in [-0.3, -0.25) is 0 Å². The Bertz CT molecular complexity index is 1090. The monoisotopic (exact) mass is 442 g/mol. The number of halogens is 1. The molecular weight excluding hydrogens is 424 g/mol. The van der Waals surface area contributed by atoms with Gasteiger partial charge < -0.3 is 25.2 Å². The van der Waals surface area contributed by atoms with Crippen molar-refractivity contribution in [1.82, 2.24) is 10.6 Å². The van der Waals surface area contributed by atoms with Gasteiger partial charge in [0.2, 0.25) is 0 Å². The number of hydrogen-bond donors (Lipinski definition) is 3. The largest absolute Gasteiger partial charge is 0.493 e. The molecule has 8 nitrogen and oxygen atoms in total. The number of carbonyl (C=O) groups is 3. The summed E-state index contributed by atoms with van der Waals surface area (Å²) in [6, 6.07) is 10.5. The zero-order valence-electron chi connectivity index (χ0n) is 16.6. The molecule has 0 saturated heterocycles. The summed E-state index contributed by atoms with van der Waals surface area (Å²) in [4.78, 5) is 35.8. The van der Waals surface area contributed by atoms with Crippen molar-refractivity contribution in [2.75, 3.05) is 7.11 Å². The van der Waals surface area contributed by atoms with Crippen LogP contribution in [-0.2, 0) is 9.59 Å². The second-order valence-electron chi connectivity index (χ2n) is 6.57. The van der Waals surface area contributed by atoms with Crippen molar-refractivity contribution in [2.24, 2.45) is 0 Å². The van der Waals surface area contributed by atoms with E-state index in [0.29, 0.717) is 5.56 Å². The number of benzene rings is 2. The molecule has 0 fully saturated rings. The van der Waals surface area contributed by atoms with Gasteiger partial charge in [-0.15, -0.1) is 0 Å². The fraction of sp³-hybridized carbons (Fsp3) is 0.136. The summed E-state index contributed by atoms with van der Waals surface area (Å²) < 4.78 is 10.6. The van der Waals surface area contributed by atoms with Crippen LogP contribution in [0.3, 0.4) is 0 Å². The molecule has 0 spiro atoms. The number of allylic oxidation sites excluding steroid dienone is 1. The molecule has 0 aliphatic carbocycles. The lowest BCUT2D eigenvalue weighted by atomic mass is 9.95. The van der Waals surface area contributed by atoms with Crippen LogP contribution in [0, 0.1) is 0 Å². The number of methoxy groups -OCH3 is 1. The van der Waals surface area contributed by atoms with E-state index >= 15 is 0 Å². The van der Waals surface area contributed by atoms with Gasteiger partial charge in [-0.2, -0.15) is 0 Å². The second-order valence-corrected chi connectivity index (χ2v) is 6.98. The number of amides is 2. The van der Waals surface area contributed by atoms with Crippen LogP contribution in [0.1, 0.15) is 24.1 Å². The molecule has 3 rings (SSSR count). The number of ether oxygens (including phenoxy) is 2. The Morgan fingerprint density at radius 1 is 1.19 bits per heavy atom. The summed E-state index contributed by atoms with van der Waals surface area (Å²) in [6.07, 6.45) is 2.84. The number of aliphatic carboxylic acids is 1. The van der Waals surface area contributed by atoms with E-state index in [4.69, 9.17) is 21.1 Å². The minimum atomic E-state index is -1.20. The number of carboxylic acid groups (broad SMARTS) is 1. The number of hydrogen-bond acceptors (Lipinski definition) is 5. The maximum atomic E-state index is 12.2. The fourth-order valence-electron chi connectivity index (χ4n) is 3.10. The van der Waals surface area contributed by atoms with E-state index in [1.165, 1.54) is 32.2 Å². The number of carbonyl (C=O) groups excluding carboxylic acids is 2. The fourth-order valence-corrected chi connectivity index (χ4v) is 3.35. The van der Waals surface area contributed by atoms with Gasteiger partial charge in [0, 0.05) is 11.8 Å². The average molecular weight is 443 g/mol. The van der Waals surface area contributed by atoms with E-state index < -0.39 is 24.0 Å². The van der Waals surface area contributed by atoms with Gasteiger partial charge in [-0.1, -0.05) is 41.9 Å². The maximum absolute atomic E-state index is 12.2. The van der Waals surface area contributed by atoms with Gasteiger partial charge >= 0.3 is 18.0 Å². The lowest BCUT2D eigenvalue weighted by molar-refractivity contribution is -0.133. The van der Waals surface area contributed by atoms with E-state index in [2.05, 4.69) is 10.6 Å². The third-order valence-electron chi connectivity index (χ3n) is 4.50. The zero-order chi connectivity index (χ0) is 22.5. The minimum absolute atomic E-state index is 0.0194. The van der Waals surface area contributed by atoms with Crippen LogP contribution in [-0.4, -0.2) is 30.2 Å². The summed E-state index contributed by atoms with van der Waals surface area (Å²) in [5.74, 6) is -1.78. The van der Waals surface area contributed by atoms with Crippen LogP contribution in [0.2, 0.25) is 5.02 Å². The minimum Gasteiger partial charge on any atom is -0.493 e. The molecule has 3 N–H and O–H groups in total. The SMILES string of the molecule is COc1cc(C2NC(=O)NC(C)=C2C(=O)O)cc(Cl)c1OC(=O)/C=C/c1ccccc1. The van der Waals surface area contributed by atoms with Crippen LogP contribution in [0.4, 0.5) is 4.79 Å². The van der Waals surface area contributed by atoms with E-state index in [1.54, 1.807) is 6.08 Å². The normalized spacial score (nSPS) is 16.0. The first-order valence-corrected chi connectivity index (χ1v) is 9.52. The average Bonchev–Trinajstić information content (AvgIpc) is 2.73. The van der Waals surface area contributed by atoms with Crippen LogP contribution in [0.5, 0.6) is 11.5 Å². The number of esters is 1. The first-order valence-electron chi connectivity index (χ1n) is 9.14. The van der Waals surface area contributed by atoms with Gasteiger partial charge in [0.1, 0.15) is 0 Å². The van der Waals surface area contributed by atoms with E-state index in [1.807, 2.05) is 30.3 Å². The zero-order valence-corrected chi connectivity index (χ0v) is 17.4. The van der Waals surface area contributed by atoms with Crippen molar-refractivity contribution in [3.05, 3.63) is 76.0 Å². The van der Waals surface area contributed by atoms with Gasteiger partial charge in [-0.05, 0) is 36.3 Å². The molecule has 0 aromatic heterocycles. The highest BCUT2D eigenvalue weighted by Crippen LogP contribution is 2.40. The molecule has 0 radical (unpaired) electrons. The third-order valence-corrected chi connectivity index (χ3v) is 4.78. The predicted octanol–water partition coefficient (Wildman–Crippen LogP) is 3.68. The first-order chi connectivity index (χ1) is 14.8. The van der Waals surface area contributed by atoms with Crippen LogP contribution in [0.15, 0.2) is 59.8 Å². The van der Waals surface area contributed by atoms with E-state index in [9.17, 15) is 19.5 Å². The Balaban J connectivity index is 1.90. The molecule has 0 saturated carbocycles. The molecular formula is C22H19ClN2O6. The molecule has 2 aromatic rings. The van der Waals surface area contributed by atoms with Crippen LogP contribution in [0.25, 0.3) is 6.08 Å². The Morgan fingerprint density at radius 2 is 1.90 bits per heavy atom.